The maximum atomic E-state index is 12.9. The highest BCUT2D eigenvalue weighted by molar-refractivity contribution is 7.80. The van der Waals surface area contributed by atoms with E-state index in [1.165, 1.54) is 0 Å². The summed E-state index contributed by atoms with van der Waals surface area (Å²) in [5.74, 6) is 0.119. The summed E-state index contributed by atoms with van der Waals surface area (Å²) in [6, 6.07) is 16.6. The Balaban J connectivity index is 1.76. The Morgan fingerprint density at radius 2 is 1.86 bits per heavy atom. The number of carbonyl (C=O) groups is 2. The van der Waals surface area contributed by atoms with E-state index in [0.717, 1.165) is 36.2 Å². The Labute approximate surface area is 217 Å². The highest BCUT2D eigenvalue weighted by Gasteiger charge is 2.21. The van der Waals surface area contributed by atoms with Crippen LogP contribution in [0.15, 0.2) is 60.8 Å². The molecule has 2 N–H and O–H groups in total. The lowest BCUT2D eigenvalue weighted by Crippen LogP contribution is -2.34. The molecule has 2 aromatic carbocycles. The molecule has 0 saturated heterocycles. The molecule has 3 aromatic rings. The molecule has 6 nitrogen and oxygen atoms in total. The molecular formula is C27H32ClN3O3S. The molecule has 186 valence electrons. The first-order valence-corrected chi connectivity index (χ1v) is 12.9. The van der Waals surface area contributed by atoms with Gasteiger partial charge in [-0.2, -0.15) is 12.6 Å². The van der Waals surface area contributed by atoms with Crippen LogP contribution in [0.5, 0.6) is 0 Å². The maximum absolute atomic E-state index is 12.9. The number of amides is 1. The van der Waals surface area contributed by atoms with E-state index in [1.807, 2.05) is 48.7 Å². The second kappa shape index (κ2) is 13.4. The Kier molecular flexibility index (Phi) is 10.2. The van der Waals surface area contributed by atoms with Crippen LogP contribution in [-0.4, -0.2) is 38.8 Å². The van der Waals surface area contributed by atoms with Crippen LogP contribution in [0.25, 0.3) is 0 Å². The number of carboxylic acid groups (broad SMARTS) is 1. The molecule has 0 fully saturated rings. The first kappa shape index (κ1) is 26.8. The van der Waals surface area contributed by atoms with Gasteiger partial charge in [-0.15, -0.1) is 0 Å². The number of aryl methyl sites for hydroxylation is 1. The van der Waals surface area contributed by atoms with Crippen molar-refractivity contribution in [1.82, 2.24) is 14.9 Å². The number of nitrogens with zero attached hydrogens (tertiary/aromatic N) is 2. The van der Waals surface area contributed by atoms with Crippen molar-refractivity contribution in [2.24, 2.45) is 5.92 Å². The molecular weight excluding hydrogens is 482 g/mol. The smallest absolute Gasteiger partial charge is 0.335 e. The first-order chi connectivity index (χ1) is 16.9. The summed E-state index contributed by atoms with van der Waals surface area (Å²) >= 11 is 10.7. The van der Waals surface area contributed by atoms with Crippen molar-refractivity contribution in [2.45, 2.75) is 45.1 Å². The normalized spacial score (nSPS) is 12.8. The van der Waals surface area contributed by atoms with Crippen LogP contribution in [0.4, 0.5) is 0 Å². The molecule has 1 heterocycles. The van der Waals surface area contributed by atoms with Crippen LogP contribution in [0.2, 0.25) is 5.15 Å². The number of carboxylic acids is 1. The maximum Gasteiger partial charge on any atom is 0.335 e. The van der Waals surface area contributed by atoms with Crippen molar-refractivity contribution >= 4 is 36.1 Å². The van der Waals surface area contributed by atoms with Gasteiger partial charge in [-0.25, -0.2) is 9.78 Å². The van der Waals surface area contributed by atoms with Gasteiger partial charge in [0.15, 0.2) is 0 Å². The molecule has 0 spiro atoms. The molecule has 0 bridgehead atoms. The van der Waals surface area contributed by atoms with Crippen LogP contribution in [0, 0.1) is 5.92 Å². The molecule has 35 heavy (non-hydrogen) atoms. The monoisotopic (exact) mass is 513 g/mol. The first-order valence-electron chi connectivity index (χ1n) is 11.9. The number of benzene rings is 2. The van der Waals surface area contributed by atoms with Crippen LogP contribution in [-0.2, 0) is 17.6 Å². The summed E-state index contributed by atoms with van der Waals surface area (Å²) in [5.41, 5.74) is 2.27. The predicted molar refractivity (Wildman–Crippen MR) is 143 cm³/mol. The van der Waals surface area contributed by atoms with Gasteiger partial charge >= 0.3 is 5.97 Å². The van der Waals surface area contributed by atoms with E-state index in [-0.39, 0.29) is 23.4 Å². The lowest BCUT2D eigenvalue weighted by Gasteiger charge is -2.23. The predicted octanol–water partition coefficient (Wildman–Crippen LogP) is 5.46. The van der Waals surface area contributed by atoms with Gasteiger partial charge in [-0.1, -0.05) is 67.4 Å². The third-order valence-electron chi connectivity index (χ3n) is 6.04. The van der Waals surface area contributed by atoms with Crippen molar-refractivity contribution in [3.8, 4) is 0 Å². The average Bonchev–Trinajstić information content (AvgIpc) is 3.24. The Morgan fingerprint density at radius 3 is 2.49 bits per heavy atom. The molecule has 0 aliphatic carbocycles. The van der Waals surface area contributed by atoms with Crippen molar-refractivity contribution < 1.29 is 14.7 Å². The minimum Gasteiger partial charge on any atom is -0.478 e. The van der Waals surface area contributed by atoms with E-state index >= 15 is 0 Å². The van der Waals surface area contributed by atoms with E-state index in [9.17, 15) is 14.7 Å². The van der Waals surface area contributed by atoms with E-state index < -0.39 is 5.97 Å². The number of halogens is 1. The summed E-state index contributed by atoms with van der Waals surface area (Å²) < 4.78 is 2.06. The quantitative estimate of drug-likeness (QED) is 0.265. The lowest BCUT2D eigenvalue weighted by atomic mass is 9.99. The van der Waals surface area contributed by atoms with Gasteiger partial charge in [0, 0.05) is 24.9 Å². The van der Waals surface area contributed by atoms with Gasteiger partial charge in [0.25, 0.3) is 0 Å². The minimum absolute atomic E-state index is 0.0290. The fraction of sp³-hybridized carbons (Fsp3) is 0.370. The van der Waals surface area contributed by atoms with Crippen LogP contribution in [0.1, 0.15) is 59.5 Å². The molecule has 0 radical (unpaired) electrons. The van der Waals surface area contributed by atoms with E-state index in [2.05, 4.69) is 34.4 Å². The zero-order chi connectivity index (χ0) is 25.2. The molecule has 2 atom stereocenters. The molecule has 1 aromatic heterocycles. The van der Waals surface area contributed by atoms with E-state index in [1.54, 1.807) is 12.1 Å². The molecule has 0 aliphatic rings. The average molecular weight is 514 g/mol. The fourth-order valence-electron chi connectivity index (χ4n) is 4.12. The number of aromatic nitrogens is 2. The Morgan fingerprint density at radius 1 is 1.14 bits per heavy atom. The van der Waals surface area contributed by atoms with Gasteiger partial charge in [-0.05, 0) is 42.5 Å². The lowest BCUT2D eigenvalue weighted by molar-refractivity contribution is -0.124. The van der Waals surface area contributed by atoms with Gasteiger partial charge in [0.05, 0.1) is 17.5 Å². The second-order valence-electron chi connectivity index (χ2n) is 8.58. The minimum atomic E-state index is -0.967. The molecule has 1 amide bonds. The van der Waals surface area contributed by atoms with Crippen LogP contribution >= 0.6 is 24.2 Å². The highest BCUT2D eigenvalue weighted by atomic mass is 35.5. The third kappa shape index (κ3) is 7.61. The number of nitrogens with one attached hydrogen (secondary N) is 1. The number of thiol groups is 1. The summed E-state index contributed by atoms with van der Waals surface area (Å²) in [6.45, 7) is 2.58. The SMILES string of the molecule is CCCCc1nc(Cl)cn1C(CCNC(=O)[C@@H](CS)Cc1ccccc1)c1ccc(C(=O)O)cc1. The molecule has 1 unspecified atom stereocenters. The number of aromatic carboxylic acids is 1. The molecule has 0 aliphatic heterocycles. The number of unbranched alkanes of at least 4 members (excludes halogenated alkanes) is 1. The van der Waals surface area contributed by atoms with Gasteiger partial charge in [-0.3, -0.25) is 4.79 Å². The topological polar surface area (TPSA) is 84.2 Å². The van der Waals surface area contributed by atoms with Gasteiger partial charge in [0.1, 0.15) is 11.0 Å². The molecule has 0 saturated carbocycles. The Hall–Kier alpha value is -2.77. The van der Waals surface area contributed by atoms with Crippen LogP contribution < -0.4 is 5.32 Å². The standard InChI is InChI=1S/C27H32ClN3O3S/c1-2-3-9-25-30-24(28)17-31(25)23(20-10-12-21(13-11-20)27(33)34)14-15-29-26(32)22(18-35)16-19-7-5-4-6-8-19/h4-8,10-13,17,22-23,35H,2-3,9,14-16,18H2,1H3,(H,29,32)(H,33,34)/t22-,23?/m1/s1. The zero-order valence-electron chi connectivity index (χ0n) is 19.9. The summed E-state index contributed by atoms with van der Waals surface area (Å²) in [6.07, 6.45) is 5.86. The second-order valence-corrected chi connectivity index (χ2v) is 9.33. The Bertz CT molecular complexity index is 1100. The number of imidazole rings is 1. The van der Waals surface area contributed by atoms with Gasteiger partial charge in [0.2, 0.25) is 5.91 Å². The van der Waals surface area contributed by atoms with Crippen molar-refractivity contribution in [3.63, 3.8) is 0 Å². The number of hydrogen-bond acceptors (Lipinski definition) is 4. The zero-order valence-corrected chi connectivity index (χ0v) is 21.5. The molecule has 3 rings (SSSR count). The summed E-state index contributed by atoms with van der Waals surface area (Å²) in [5, 5.41) is 12.8. The van der Waals surface area contributed by atoms with Crippen molar-refractivity contribution in [3.05, 3.63) is 88.5 Å². The third-order valence-corrected chi connectivity index (χ3v) is 6.67. The van der Waals surface area contributed by atoms with Gasteiger partial charge < -0.3 is 15.0 Å². The highest BCUT2D eigenvalue weighted by Crippen LogP contribution is 2.27. The van der Waals surface area contributed by atoms with E-state index in [0.29, 0.717) is 30.3 Å². The fourth-order valence-corrected chi connectivity index (χ4v) is 4.62. The number of hydrogen-bond donors (Lipinski definition) is 3. The molecule has 8 heteroatoms. The van der Waals surface area contributed by atoms with Crippen molar-refractivity contribution in [1.29, 1.82) is 0 Å². The van der Waals surface area contributed by atoms with Crippen LogP contribution in [0.3, 0.4) is 0 Å². The number of carbonyl (C=O) groups excluding carboxylic acids is 1. The van der Waals surface area contributed by atoms with Crippen molar-refractivity contribution in [2.75, 3.05) is 12.3 Å². The summed E-state index contributed by atoms with van der Waals surface area (Å²) in [7, 11) is 0. The largest absolute Gasteiger partial charge is 0.478 e. The van der Waals surface area contributed by atoms with E-state index in [4.69, 9.17) is 11.6 Å². The summed E-state index contributed by atoms with van der Waals surface area (Å²) in [4.78, 5) is 28.7. The number of rotatable bonds is 13.